The molecule has 1 fully saturated rings. The maximum atomic E-state index is 10.7. The van der Waals surface area contributed by atoms with E-state index in [-0.39, 0.29) is 0 Å². The maximum absolute atomic E-state index is 10.7. The zero-order valence-corrected chi connectivity index (χ0v) is 14.5. The summed E-state index contributed by atoms with van der Waals surface area (Å²) in [4.78, 5) is 13.2. The minimum Gasteiger partial charge on any atom is -0.493 e. The molecule has 1 atom stereocenters. The first kappa shape index (κ1) is 16.6. The van der Waals surface area contributed by atoms with Crippen LogP contribution in [0.4, 0.5) is 5.69 Å². The quantitative estimate of drug-likeness (QED) is 0.763. The molecule has 3 heteroatoms. The van der Waals surface area contributed by atoms with Gasteiger partial charge in [0.25, 0.3) is 0 Å². The molecular weight excluding hydrogens is 298 g/mol. The third-order valence-electron chi connectivity index (χ3n) is 4.78. The van der Waals surface area contributed by atoms with Crippen LogP contribution in [-0.2, 0) is 0 Å². The van der Waals surface area contributed by atoms with Crippen molar-refractivity contribution < 1.29 is 9.53 Å². The highest BCUT2D eigenvalue weighted by atomic mass is 16.5. The molecule has 0 bridgehead atoms. The van der Waals surface area contributed by atoms with Crippen molar-refractivity contribution in [2.24, 2.45) is 5.92 Å². The number of ether oxygens (including phenoxy) is 1. The van der Waals surface area contributed by atoms with Crippen molar-refractivity contribution >= 4 is 12.0 Å². The number of anilines is 1. The first-order chi connectivity index (χ1) is 11.7. The molecule has 1 heterocycles. The van der Waals surface area contributed by atoms with Gasteiger partial charge < -0.3 is 9.64 Å². The summed E-state index contributed by atoms with van der Waals surface area (Å²) in [6.45, 7) is 7.27. The molecule has 0 amide bonds. The molecule has 1 aliphatic rings. The average molecular weight is 323 g/mol. The monoisotopic (exact) mass is 323 g/mol. The number of piperidine rings is 1. The number of nitrogens with zero attached hydrogens (tertiary/aromatic N) is 1. The molecule has 24 heavy (non-hydrogen) atoms. The SMILES string of the molecule is Cc1cccc(C)c1N1CCCC(COc2ccc(C=O)cc2)C1. The second kappa shape index (κ2) is 7.52. The van der Waals surface area contributed by atoms with Crippen molar-refractivity contribution in [1.29, 1.82) is 0 Å². The molecule has 0 spiro atoms. The van der Waals surface area contributed by atoms with Crippen LogP contribution in [0.5, 0.6) is 5.75 Å². The van der Waals surface area contributed by atoms with Gasteiger partial charge in [0.15, 0.2) is 0 Å². The number of benzene rings is 2. The number of para-hydroxylation sites is 1. The fourth-order valence-electron chi connectivity index (χ4n) is 3.57. The lowest BCUT2D eigenvalue weighted by atomic mass is 9.96. The van der Waals surface area contributed by atoms with Gasteiger partial charge in [0.2, 0.25) is 0 Å². The van der Waals surface area contributed by atoms with Crippen LogP contribution in [0.25, 0.3) is 0 Å². The Labute approximate surface area is 144 Å². The van der Waals surface area contributed by atoms with Crippen LogP contribution in [-0.4, -0.2) is 26.0 Å². The molecule has 126 valence electrons. The molecule has 0 saturated carbocycles. The Morgan fingerprint density at radius 1 is 1.12 bits per heavy atom. The van der Waals surface area contributed by atoms with E-state index in [9.17, 15) is 4.79 Å². The minimum absolute atomic E-state index is 0.531. The van der Waals surface area contributed by atoms with Crippen molar-refractivity contribution in [3.63, 3.8) is 0 Å². The summed E-state index contributed by atoms with van der Waals surface area (Å²) in [5, 5.41) is 0. The Kier molecular flexibility index (Phi) is 5.19. The van der Waals surface area contributed by atoms with Crippen LogP contribution in [0.1, 0.15) is 34.3 Å². The fourth-order valence-corrected chi connectivity index (χ4v) is 3.57. The third kappa shape index (κ3) is 3.78. The Morgan fingerprint density at radius 3 is 2.50 bits per heavy atom. The molecule has 0 aromatic heterocycles. The lowest BCUT2D eigenvalue weighted by Gasteiger charge is -2.36. The van der Waals surface area contributed by atoms with E-state index in [1.807, 2.05) is 12.1 Å². The molecule has 1 aliphatic heterocycles. The summed E-state index contributed by atoms with van der Waals surface area (Å²) in [6.07, 6.45) is 3.26. The van der Waals surface area contributed by atoms with Crippen LogP contribution < -0.4 is 9.64 Å². The predicted molar refractivity (Wildman–Crippen MR) is 98.2 cm³/mol. The van der Waals surface area contributed by atoms with Crippen molar-refractivity contribution in [2.45, 2.75) is 26.7 Å². The smallest absolute Gasteiger partial charge is 0.150 e. The van der Waals surface area contributed by atoms with Crippen molar-refractivity contribution in [1.82, 2.24) is 0 Å². The zero-order valence-electron chi connectivity index (χ0n) is 14.5. The predicted octanol–water partition coefficient (Wildman–Crippen LogP) is 4.41. The molecule has 1 unspecified atom stereocenters. The summed E-state index contributed by atoms with van der Waals surface area (Å²) in [6, 6.07) is 13.8. The lowest BCUT2D eigenvalue weighted by Crippen LogP contribution is -2.38. The van der Waals surface area contributed by atoms with E-state index in [1.165, 1.54) is 29.7 Å². The van der Waals surface area contributed by atoms with Gasteiger partial charge in [0.05, 0.1) is 6.61 Å². The Bertz CT molecular complexity index is 673. The molecule has 1 saturated heterocycles. The number of carbonyl (C=O) groups is 1. The molecule has 3 nitrogen and oxygen atoms in total. The zero-order chi connectivity index (χ0) is 16.9. The van der Waals surface area contributed by atoms with Gasteiger partial charge >= 0.3 is 0 Å². The maximum Gasteiger partial charge on any atom is 0.150 e. The number of hydrogen-bond acceptors (Lipinski definition) is 3. The van der Waals surface area contributed by atoms with E-state index in [1.54, 1.807) is 12.1 Å². The van der Waals surface area contributed by atoms with E-state index in [4.69, 9.17) is 4.74 Å². The third-order valence-corrected chi connectivity index (χ3v) is 4.78. The van der Waals surface area contributed by atoms with Crippen LogP contribution in [0.3, 0.4) is 0 Å². The topological polar surface area (TPSA) is 29.5 Å². The van der Waals surface area contributed by atoms with Crippen LogP contribution in [0, 0.1) is 19.8 Å². The second-order valence-electron chi connectivity index (χ2n) is 6.69. The molecule has 2 aromatic rings. The summed E-state index contributed by atoms with van der Waals surface area (Å²) in [5.74, 6) is 1.37. The van der Waals surface area contributed by atoms with Gasteiger partial charge in [0, 0.05) is 30.3 Å². The van der Waals surface area contributed by atoms with Gasteiger partial charge in [-0.15, -0.1) is 0 Å². The van der Waals surface area contributed by atoms with Gasteiger partial charge in [-0.25, -0.2) is 0 Å². The lowest BCUT2D eigenvalue weighted by molar-refractivity contribution is 0.112. The molecule has 3 rings (SSSR count). The Morgan fingerprint density at radius 2 is 1.83 bits per heavy atom. The van der Waals surface area contributed by atoms with E-state index in [0.29, 0.717) is 11.5 Å². The van der Waals surface area contributed by atoms with Crippen molar-refractivity contribution in [2.75, 3.05) is 24.6 Å². The number of hydrogen-bond donors (Lipinski definition) is 0. The highest BCUT2D eigenvalue weighted by molar-refractivity contribution is 5.74. The molecule has 0 radical (unpaired) electrons. The van der Waals surface area contributed by atoms with Crippen LogP contribution in [0.15, 0.2) is 42.5 Å². The van der Waals surface area contributed by atoms with Gasteiger partial charge in [-0.05, 0) is 62.1 Å². The van der Waals surface area contributed by atoms with Crippen LogP contribution in [0.2, 0.25) is 0 Å². The van der Waals surface area contributed by atoms with E-state index < -0.39 is 0 Å². The molecule has 0 N–H and O–H groups in total. The molecular formula is C21H25NO2. The fraction of sp³-hybridized carbons (Fsp3) is 0.381. The highest BCUT2D eigenvalue weighted by Gasteiger charge is 2.22. The summed E-state index contributed by atoms with van der Waals surface area (Å²) < 4.78 is 5.95. The van der Waals surface area contributed by atoms with Crippen molar-refractivity contribution in [3.05, 3.63) is 59.2 Å². The van der Waals surface area contributed by atoms with Gasteiger partial charge in [-0.3, -0.25) is 4.79 Å². The summed E-state index contributed by atoms with van der Waals surface area (Å²) in [7, 11) is 0. The van der Waals surface area contributed by atoms with Gasteiger partial charge in [0.1, 0.15) is 12.0 Å². The number of aldehydes is 1. The van der Waals surface area contributed by atoms with E-state index in [2.05, 4.69) is 36.9 Å². The Hall–Kier alpha value is -2.29. The van der Waals surface area contributed by atoms with Gasteiger partial charge in [-0.2, -0.15) is 0 Å². The van der Waals surface area contributed by atoms with E-state index >= 15 is 0 Å². The molecule has 2 aromatic carbocycles. The number of carbonyl (C=O) groups excluding carboxylic acids is 1. The van der Waals surface area contributed by atoms with Crippen molar-refractivity contribution in [3.8, 4) is 5.75 Å². The molecule has 0 aliphatic carbocycles. The number of rotatable bonds is 5. The average Bonchev–Trinajstić information content (AvgIpc) is 2.61. The number of aryl methyl sites for hydroxylation is 2. The normalized spacial score (nSPS) is 17.6. The Balaban J connectivity index is 1.62. The van der Waals surface area contributed by atoms with Gasteiger partial charge in [-0.1, -0.05) is 18.2 Å². The standard InChI is InChI=1S/C21H25NO2/c1-16-5-3-6-17(2)21(16)22-12-4-7-19(13-22)15-24-20-10-8-18(14-23)9-11-20/h3,5-6,8-11,14,19H,4,7,12-13,15H2,1-2H3. The summed E-state index contributed by atoms with van der Waals surface area (Å²) in [5.41, 5.74) is 4.76. The largest absolute Gasteiger partial charge is 0.493 e. The van der Waals surface area contributed by atoms with E-state index in [0.717, 1.165) is 31.7 Å². The first-order valence-electron chi connectivity index (χ1n) is 8.66. The first-order valence-corrected chi connectivity index (χ1v) is 8.66. The minimum atomic E-state index is 0.531. The van der Waals surface area contributed by atoms with Crippen LogP contribution >= 0.6 is 0 Å². The highest BCUT2D eigenvalue weighted by Crippen LogP contribution is 2.29. The summed E-state index contributed by atoms with van der Waals surface area (Å²) >= 11 is 0. The second-order valence-corrected chi connectivity index (χ2v) is 6.69.